The zero-order chi connectivity index (χ0) is 14.9. The molecule has 0 spiro atoms. The van der Waals surface area contributed by atoms with Crippen LogP contribution in [0.4, 0.5) is 4.39 Å². The van der Waals surface area contributed by atoms with Crippen molar-refractivity contribution >= 4 is 5.97 Å². The highest BCUT2D eigenvalue weighted by Crippen LogP contribution is 2.30. The predicted molar refractivity (Wildman–Crippen MR) is 70.6 cm³/mol. The van der Waals surface area contributed by atoms with Gasteiger partial charge in [-0.3, -0.25) is 4.79 Å². The van der Waals surface area contributed by atoms with Gasteiger partial charge in [-0.2, -0.15) is 0 Å². The quantitative estimate of drug-likeness (QED) is 0.930. The van der Waals surface area contributed by atoms with Crippen LogP contribution >= 0.6 is 0 Å². The number of carbonyl (C=O) groups is 1. The summed E-state index contributed by atoms with van der Waals surface area (Å²) < 4.78 is 19.8. The van der Waals surface area contributed by atoms with E-state index in [0.717, 1.165) is 6.07 Å². The summed E-state index contributed by atoms with van der Waals surface area (Å²) in [6, 6.07) is 6.15. The number of pyridine rings is 1. The van der Waals surface area contributed by atoms with Gasteiger partial charge in [-0.25, -0.2) is 9.18 Å². The number of aromatic nitrogens is 1. The van der Waals surface area contributed by atoms with Gasteiger partial charge in [-0.05, 0) is 24.3 Å². The molecule has 0 bridgehead atoms. The van der Waals surface area contributed by atoms with E-state index in [1.54, 1.807) is 0 Å². The fourth-order valence-corrected chi connectivity index (χ4v) is 1.90. The van der Waals surface area contributed by atoms with E-state index in [-0.39, 0.29) is 11.3 Å². The van der Waals surface area contributed by atoms with E-state index in [1.807, 2.05) is 0 Å². The van der Waals surface area contributed by atoms with E-state index in [1.165, 1.54) is 43.0 Å². The second kappa shape index (κ2) is 5.16. The minimum absolute atomic E-state index is 0.158. The highest BCUT2D eigenvalue weighted by Gasteiger charge is 2.14. The van der Waals surface area contributed by atoms with Crippen molar-refractivity contribution in [1.29, 1.82) is 0 Å². The Kier molecular flexibility index (Phi) is 3.56. The molecule has 0 unspecified atom stereocenters. The van der Waals surface area contributed by atoms with Crippen molar-refractivity contribution in [3.63, 3.8) is 0 Å². The Morgan fingerprint density at radius 2 is 2.00 bits per heavy atom. The molecule has 0 saturated heterocycles. The van der Waals surface area contributed by atoms with E-state index in [4.69, 9.17) is 9.84 Å². The minimum Gasteiger partial charge on any atom is -0.496 e. The first-order valence-corrected chi connectivity index (χ1v) is 5.72. The van der Waals surface area contributed by atoms with Crippen molar-refractivity contribution in [2.45, 2.75) is 0 Å². The molecule has 0 saturated carbocycles. The van der Waals surface area contributed by atoms with Gasteiger partial charge in [0.1, 0.15) is 11.6 Å². The van der Waals surface area contributed by atoms with Gasteiger partial charge < -0.3 is 14.4 Å². The Morgan fingerprint density at radius 3 is 2.60 bits per heavy atom. The van der Waals surface area contributed by atoms with E-state index in [9.17, 15) is 14.0 Å². The van der Waals surface area contributed by atoms with Gasteiger partial charge in [-0.15, -0.1) is 0 Å². The minimum atomic E-state index is -1.22. The van der Waals surface area contributed by atoms with Crippen LogP contribution in [0.1, 0.15) is 10.4 Å². The van der Waals surface area contributed by atoms with E-state index in [2.05, 4.69) is 0 Å². The van der Waals surface area contributed by atoms with Crippen LogP contribution in [0.5, 0.6) is 5.75 Å². The SMILES string of the molecule is COc1ccc(F)cc1-c1cc(C(=O)O)cc(=O)n1C. The predicted octanol–water partition coefficient (Wildman–Crippen LogP) is 1.90. The Labute approximate surface area is 113 Å². The van der Waals surface area contributed by atoms with Crippen molar-refractivity contribution in [2.24, 2.45) is 7.05 Å². The summed E-state index contributed by atoms with van der Waals surface area (Å²) in [5, 5.41) is 9.00. The molecule has 0 aliphatic heterocycles. The maximum Gasteiger partial charge on any atom is 0.335 e. The van der Waals surface area contributed by atoms with Crippen LogP contribution in [0, 0.1) is 5.82 Å². The molecule has 1 heterocycles. The topological polar surface area (TPSA) is 68.5 Å². The van der Waals surface area contributed by atoms with Gasteiger partial charge in [0, 0.05) is 18.7 Å². The molecule has 0 radical (unpaired) electrons. The van der Waals surface area contributed by atoms with Crippen LogP contribution in [0.15, 0.2) is 35.1 Å². The van der Waals surface area contributed by atoms with Crippen LogP contribution in [0.2, 0.25) is 0 Å². The van der Waals surface area contributed by atoms with E-state index < -0.39 is 17.3 Å². The average molecular weight is 277 g/mol. The van der Waals surface area contributed by atoms with Gasteiger partial charge in [0.2, 0.25) is 0 Å². The van der Waals surface area contributed by atoms with Crippen LogP contribution in [-0.2, 0) is 7.05 Å². The van der Waals surface area contributed by atoms with E-state index >= 15 is 0 Å². The van der Waals surface area contributed by atoms with Crippen LogP contribution in [0.3, 0.4) is 0 Å². The number of aromatic carboxylic acids is 1. The smallest absolute Gasteiger partial charge is 0.335 e. The number of hydrogen-bond donors (Lipinski definition) is 1. The largest absolute Gasteiger partial charge is 0.496 e. The number of benzene rings is 1. The summed E-state index contributed by atoms with van der Waals surface area (Å²) in [5.74, 6) is -1.38. The van der Waals surface area contributed by atoms with Crippen LogP contribution < -0.4 is 10.3 Å². The molecule has 0 amide bonds. The van der Waals surface area contributed by atoms with Crippen LogP contribution in [-0.4, -0.2) is 22.8 Å². The Balaban J connectivity index is 2.78. The Morgan fingerprint density at radius 1 is 1.30 bits per heavy atom. The highest BCUT2D eigenvalue weighted by molar-refractivity contribution is 5.89. The molecule has 5 nitrogen and oxygen atoms in total. The third-order valence-corrected chi connectivity index (χ3v) is 2.95. The third-order valence-electron chi connectivity index (χ3n) is 2.95. The molecule has 0 aliphatic rings. The van der Waals surface area contributed by atoms with Gasteiger partial charge in [0.25, 0.3) is 5.56 Å². The van der Waals surface area contributed by atoms with Crippen molar-refractivity contribution in [3.05, 3.63) is 52.1 Å². The molecule has 1 N–H and O–H groups in total. The summed E-state index contributed by atoms with van der Waals surface area (Å²) >= 11 is 0. The summed E-state index contributed by atoms with van der Waals surface area (Å²) in [7, 11) is 2.89. The number of carboxylic acid groups (broad SMARTS) is 1. The molecule has 0 fully saturated rings. The first-order chi connectivity index (χ1) is 9.43. The number of rotatable bonds is 3. The first-order valence-electron chi connectivity index (χ1n) is 5.72. The van der Waals surface area contributed by atoms with Gasteiger partial charge in [0.15, 0.2) is 0 Å². The lowest BCUT2D eigenvalue weighted by atomic mass is 10.1. The van der Waals surface area contributed by atoms with Crippen LogP contribution in [0.25, 0.3) is 11.3 Å². The van der Waals surface area contributed by atoms with E-state index in [0.29, 0.717) is 11.3 Å². The van der Waals surface area contributed by atoms with Gasteiger partial charge >= 0.3 is 5.97 Å². The number of carboxylic acids is 1. The summed E-state index contributed by atoms with van der Waals surface area (Å²) in [5.41, 5.74) is -0.0675. The molecule has 6 heteroatoms. The zero-order valence-electron chi connectivity index (χ0n) is 10.9. The summed E-state index contributed by atoms with van der Waals surface area (Å²) in [4.78, 5) is 22.8. The molecular weight excluding hydrogens is 265 g/mol. The average Bonchev–Trinajstić information content (AvgIpc) is 2.41. The van der Waals surface area contributed by atoms with Gasteiger partial charge in [0.05, 0.1) is 18.4 Å². The highest BCUT2D eigenvalue weighted by atomic mass is 19.1. The molecule has 2 rings (SSSR count). The second-order valence-corrected chi connectivity index (χ2v) is 4.18. The van der Waals surface area contributed by atoms with Crippen molar-refractivity contribution in [2.75, 3.05) is 7.11 Å². The molecular formula is C14H12FNO4. The summed E-state index contributed by atoms with van der Waals surface area (Å²) in [6.45, 7) is 0. The van der Waals surface area contributed by atoms with Gasteiger partial charge in [-0.1, -0.05) is 0 Å². The maximum absolute atomic E-state index is 13.4. The fraction of sp³-hybridized carbons (Fsp3) is 0.143. The monoisotopic (exact) mass is 277 g/mol. The number of ether oxygens (including phenoxy) is 1. The summed E-state index contributed by atoms with van der Waals surface area (Å²) in [6.07, 6.45) is 0. The molecule has 0 atom stereocenters. The molecule has 0 aliphatic carbocycles. The molecule has 20 heavy (non-hydrogen) atoms. The second-order valence-electron chi connectivity index (χ2n) is 4.18. The van der Waals surface area contributed by atoms with Crippen molar-refractivity contribution < 1.29 is 19.0 Å². The lowest BCUT2D eigenvalue weighted by Gasteiger charge is -2.13. The fourth-order valence-electron chi connectivity index (χ4n) is 1.90. The van der Waals surface area contributed by atoms with Crippen molar-refractivity contribution in [3.8, 4) is 17.0 Å². The molecule has 104 valence electrons. The first kappa shape index (κ1) is 13.8. The lowest BCUT2D eigenvalue weighted by Crippen LogP contribution is -2.20. The molecule has 1 aromatic carbocycles. The Bertz CT molecular complexity index is 736. The maximum atomic E-state index is 13.4. The Hall–Kier alpha value is -2.63. The normalized spacial score (nSPS) is 10.3. The standard InChI is InChI=1S/C14H12FNO4/c1-16-11(5-8(14(18)19)6-13(16)17)10-7-9(15)3-4-12(10)20-2/h3-7H,1-2H3,(H,18,19). The number of halogens is 1. The zero-order valence-corrected chi connectivity index (χ0v) is 10.9. The molecule has 2 aromatic rings. The number of hydrogen-bond acceptors (Lipinski definition) is 3. The molecule has 1 aromatic heterocycles. The third kappa shape index (κ3) is 2.40. The van der Waals surface area contributed by atoms with Crippen molar-refractivity contribution in [1.82, 2.24) is 4.57 Å². The lowest BCUT2D eigenvalue weighted by molar-refractivity contribution is 0.0696. The number of nitrogens with zero attached hydrogens (tertiary/aromatic N) is 1. The number of methoxy groups -OCH3 is 1.